The van der Waals surface area contributed by atoms with Crippen LogP contribution in [-0.2, 0) is 4.79 Å². The lowest BCUT2D eigenvalue weighted by Crippen LogP contribution is -2.20. The summed E-state index contributed by atoms with van der Waals surface area (Å²) >= 11 is 11.8. The van der Waals surface area contributed by atoms with E-state index in [0.717, 1.165) is 0 Å². The molecule has 0 atom stereocenters. The van der Waals surface area contributed by atoms with Crippen molar-refractivity contribution in [3.8, 4) is 5.75 Å². The number of hydrogen-bond acceptors (Lipinski definition) is 5. The molecule has 2 N–H and O–H groups in total. The predicted molar refractivity (Wildman–Crippen MR) is 72.9 cm³/mol. The summed E-state index contributed by atoms with van der Waals surface area (Å²) in [6, 6.07) is 6.75. The molecule has 0 aliphatic heterocycles. The van der Waals surface area contributed by atoms with Crippen LogP contribution in [0.1, 0.15) is 0 Å². The van der Waals surface area contributed by atoms with Gasteiger partial charge in [0, 0.05) is 5.02 Å². The largest absolute Gasteiger partial charge is 0.484 e. The quantitative estimate of drug-likeness (QED) is 0.852. The lowest BCUT2D eigenvalue weighted by Gasteiger charge is -2.05. The topological polar surface area (TPSA) is 67.0 Å². The normalized spacial score (nSPS) is 10.1. The maximum Gasteiger partial charge on any atom is 0.264 e. The maximum absolute atomic E-state index is 11.5. The Morgan fingerprint density at radius 1 is 1.50 bits per heavy atom. The van der Waals surface area contributed by atoms with Gasteiger partial charge in [0.25, 0.3) is 5.91 Å². The van der Waals surface area contributed by atoms with Gasteiger partial charge in [-0.25, -0.2) is 0 Å². The van der Waals surface area contributed by atoms with E-state index in [1.165, 1.54) is 11.3 Å². The van der Waals surface area contributed by atoms with E-state index in [0.29, 0.717) is 19.9 Å². The number of anilines is 1. The zero-order chi connectivity index (χ0) is 13.0. The van der Waals surface area contributed by atoms with Crippen LogP contribution in [0.15, 0.2) is 24.3 Å². The van der Waals surface area contributed by atoms with Gasteiger partial charge in [0.2, 0.25) is 5.13 Å². The van der Waals surface area contributed by atoms with Gasteiger partial charge in [-0.3, -0.25) is 15.2 Å². The van der Waals surface area contributed by atoms with Gasteiger partial charge >= 0.3 is 0 Å². The molecule has 1 heterocycles. The molecule has 0 aliphatic rings. The van der Waals surface area contributed by atoms with Crippen molar-refractivity contribution in [2.24, 2.45) is 0 Å². The van der Waals surface area contributed by atoms with Gasteiger partial charge in [0.1, 0.15) is 5.75 Å². The third-order valence-corrected chi connectivity index (χ3v) is 3.12. The van der Waals surface area contributed by atoms with E-state index in [1.807, 2.05) is 0 Å². The smallest absolute Gasteiger partial charge is 0.264 e. The Balaban J connectivity index is 1.85. The molecule has 1 aromatic carbocycles. The van der Waals surface area contributed by atoms with Gasteiger partial charge in [-0.1, -0.05) is 22.9 Å². The molecule has 0 bridgehead atoms. The first-order valence-electron chi connectivity index (χ1n) is 4.87. The Bertz CT molecular complexity index is 594. The Labute approximate surface area is 117 Å². The first-order valence-corrected chi connectivity index (χ1v) is 6.47. The summed E-state index contributed by atoms with van der Waals surface area (Å²) in [5.74, 6) is 0.270. The minimum absolute atomic E-state index is 0.103. The van der Waals surface area contributed by atoms with Gasteiger partial charge < -0.3 is 4.74 Å². The SMILES string of the molecule is O=C(COc1ccc(Cl)cc1)Nc1n[nH]c(=S)s1. The van der Waals surface area contributed by atoms with Crippen LogP contribution in [0.25, 0.3) is 0 Å². The number of rotatable bonds is 4. The first kappa shape index (κ1) is 13.0. The number of nitrogens with zero attached hydrogens (tertiary/aromatic N) is 1. The van der Waals surface area contributed by atoms with Gasteiger partial charge in [-0.15, -0.1) is 5.10 Å². The molecule has 0 fully saturated rings. The Morgan fingerprint density at radius 3 is 2.83 bits per heavy atom. The summed E-state index contributed by atoms with van der Waals surface area (Å²) in [6.07, 6.45) is 0. The Hall–Kier alpha value is -1.44. The third-order valence-electron chi connectivity index (χ3n) is 1.87. The minimum Gasteiger partial charge on any atom is -0.484 e. The molecule has 0 aliphatic carbocycles. The van der Waals surface area contributed by atoms with E-state index >= 15 is 0 Å². The third kappa shape index (κ3) is 3.80. The molecule has 2 aromatic rings. The van der Waals surface area contributed by atoms with Crippen molar-refractivity contribution in [1.82, 2.24) is 10.2 Å². The van der Waals surface area contributed by atoms with Crippen LogP contribution in [-0.4, -0.2) is 22.7 Å². The number of H-pyrrole nitrogens is 1. The van der Waals surface area contributed by atoms with Crippen LogP contribution in [0.2, 0.25) is 5.02 Å². The molecule has 94 valence electrons. The van der Waals surface area contributed by atoms with Gasteiger partial charge in [-0.05, 0) is 36.5 Å². The number of aromatic nitrogens is 2. The average molecular weight is 302 g/mol. The van der Waals surface area contributed by atoms with Gasteiger partial charge in [0.15, 0.2) is 10.6 Å². The first-order chi connectivity index (χ1) is 8.63. The lowest BCUT2D eigenvalue weighted by atomic mass is 10.3. The number of halogens is 1. The van der Waals surface area contributed by atoms with Crippen molar-refractivity contribution in [3.63, 3.8) is 0 Å². The van der Waals surface area contributed by atoms with Crippen LogP contribution in [0.4, 0.5) is 5.13 Å². The monoisotopic (exact) mass is 301 g/mol. The fourth-order valence-corrected chi connectivity index (χ4v) is 2.05. The molecule has 18 heavy (non-hydrogen) atoms. The van der Waals surface area contributed by atoms with E-state index in [9.17, 15) is 4.79 Å². The molecule has 0 spiro atoms. The second-order valence-corrected chi connectivity index (χ2v) is 5.31. The van der Waals surface area contributed by atoms with E-state index in [4.69, 9.17) is 28.6 Å². The number of carbonyl (C=O) groups excluding carboxylic acids is 1. The Morgan fingerprint density at radius 2 is 2.22 bits per heavy atom. The van der Waals surface area contributed by atoms with E-state index in [-0.39, 0.29) is 12.5 Å². The van der Waals surface area contributed by atoms with E-state index in [2.05, 4.69) is 15.5 Å². The molecule has 0 radical (unpaired) electrons. The van der Waals surface area contributed by atoms with Crippen LogP contribution in [0, 0.1) is 3.95 Å². The molecule has 1 aromatic heterocycles. The van der Waals surface area contributed by atoms with Crippen molar-refractivity contribution in [2.75, 3.05) is 11.9 Å². The van der Waals surface area contributed by atoms with Crippen LogP contribution in [0.3, 0.4) is 0 Å². The van der Waals surface area contributed by atoms with E-state index < -0.39 is 0 Å². The van der Waals surface area contributed by atoms with Crippen molar-refractivity contribution in [1.29, 1.82) is 0 Å². The highest BCUT2D eigenvalue weighted by atomic mass is 35.5. The van der Waals surface area contributed by atoms with Gasteiger partial charge in [-0.2, -0.15) is 0 Å². The molecule has 0 unspecified atom stereocenters. The van der Waals surface area contributed by atoms with Crippen molar-refractivity contribution < 1.29 is 9.53 Å². The highest BCUT2D eigenvalue weighted by Crippen LogP contribution is 2.15. The Kier molecular flexibility index (Phi) is 4.29. The number of nitrogens with one attached hydrogen (secondary N) is 2. The van der Waals surface area contributed by atoms with Crippen molar-refractivity contribution in [2.45, 2.75) is 0 Å². The van der Waals surface area contributed by atoms with Crippen molar-refractivity contribution >= 4 is 46.2 Å². The van der Waals surface area contributed by atoms with Crippen molar-refractivity contribution in [3.05, 3.63) is 33.2 Å². The number of aromatic amines is 1. The fraction of sp³-hybridized carbons (Fsp3) is 0.100. The molecule has 2 rings (SSSR count). The zero-order valence-electron chi connectivity index (χ0n) is 8.97. The summed E-state index contributed by atoms with van der Waals surface area (Å²) < 4.78 is 5.78. The summed E-state index contributed by atoms with van der Waals surface area (Å²) in [5, 5.41) is 9.97. The summed E-state index contributed by atoms with van der Waals surface area (Å²) in [7, 11) is 0. The standard InChI is InChI=1S/C10H8ClN3O2S2/c11-6-1-3-7(4-2-6)16-5-8(15)12-9-13-14-10(17)18-9/h1-4H,5H2,(H,14,17)(H,12,13,15). The summed E-state index contributed by atoms with van der Waals surface area (Å²) in [5.41, 5.74) is 0. The maximum atomic E-state index is 11.5. The van der Waals surface area contributed by atoms with Crippen LogP contribution in [0.5, 0.6) is 5.75 Å². The minimum atomic E-state index is -0.303. The number of amides is 1. The average Bonchev–Trinajstić information content (AvgIpc) is 2.74. The highest BCUT2D eigenvalue weighted by molar-refractivity contribution is 7.73. The highest BCUT2D eigenvalue weighted by Gasteiger charge is 2.06. The van der Waals surface area contributed by atoms with Gasteiger partial charge in [0.05, 0.1) is 0 Å². The van der Waals surface area contributed by atoms with Crippen LogP contribution < -0.4 is 10.1 Å². The second kappa shape index (κ2) is 5.94. The molecule has 8 heteroatoms. The summed E-state index contributed by atoms with van der Waals surface area (Å²) in [4.78, 5) is 11.5. The second-order valence-electron chi connectivity index (χ2n) is 3.21. The summed E-state index contributed by atoms with van der Waals surface area (Å²) in [6.45, 7) is -0.103. The molecular formula is C10H8ClN3O2S2. The van der Waals surface area contributed by atoms with Crippen LogP contribution >= 0.6 is 35.2 Å². The number of carbonyl (C=O) groups is 1. The molecule has 0 saturated carbocycles. The molecule has 1 amide bonds. The number of benzene rings is 1. The molecular weight excluding hydrogens is 294 g/mol. The lowest BCUT2D eigenvalue weighted by molar-refractivity contribution is -0.118. The molecule has 5 nitrogen and oxygen atoms in total. The van der Waals surface area contributed by atoms with E-state index in [1.54, 1.807) is 24.3 Å². The predicted octanol–water partition coefficient (Wildman–Crippen LogP) is 2.87. The number of ether oxygens (including phenoxy) is 1. The number of hydrogen-bond donors (Lipinski definition) is 2. The zero-order valence-corrected chi connectivity index (χ0v) is 11.4. The molecule has 0 saturated heterocycles. The fourth-order valence-electron chi connectivity index (χ4n) is 1.12.